The van der Waals surface area contributed by atoms with Gasteiger partial charge in [0.05, 0.1) is 25.4 Å². The van der Waals surface area contributed by atoms with Gasteiger partial charge in [-0.05, 0) is 26.0 Å². The summed E-state index contributed by atoms with van der Waals surface area (Å²) in [5.41, 5.74) is 2.44. The summed E-state index contributed by atoms with van der Waals surface area (Å²) in [7, 11) is 0. The molecule has 2 N–H and O–H groups in total. The van der Waals surface area contributed by atoms with Gasteiger partial charge in [0.1, 0.15) is 5.75 Å². The fourth-order valence-electron chi connectivity index (χ4n) is 2.88. The third kappa shape index (κ3) is 3.63. The summed E-state index contributed by atoms with van der Waals surface area (Å²) in [6.07, 6.45) is 0.599. The molecule has 0 unspecified atom stereocenters. The Kier molecular flexibility index (Phi) is 5.40. The third-order valence-electron chi connectivity index (χ3n) is 4.12. The molecule has 2 heterocycles. The van der Waals surface area contributed by atoms with Crippen molar-refractivity contribution >= 4 is 17.7 Å². The second-order valence-corrected chi connectivity index (χ2v) is 5.78. The number of urea groups is 1. The van der Waals surface area contributed by atoms with Gasteiger partial charge in [-0.1, -0.05) is 12.1 Å². The normalized spacial score (nSPS) is 13.1. The minimum atomic E-state index is -0.478. The molecule has 0 saturated carbocycles. The van der Waals surface area contributed by atoms with E-state index in [-0.39, 0.29) is 18.3 Å². The average molecular weight is 358 g/mol. The van der Waals surface area contributed by atoms with E-state index in [1.54, 1.807) is 17.9 Å². The van der Waals surface area contributed by atoms with E-state index in [1.165, 1.54) is 0 Å². The predicted octanol–water partition coefficient (Wildman–Crippen LogP) is 2.58. The molecule has 1 aromatic heterocycles. The lowest BCUT2D eigenvalue weighted by atomic mass is 10.1. The van der Waals surface area contributed by atoms with Crippen LogP contribution < -0.4 is 10.1 Å². The Bertz CT molecular complexity index is 802. The van der Waals surface area contributed by atoms with Crippen molar-refractivity contribution in [3.8, 4) is 5.75 Å². The largest absolute Gasteiger partial charge is 0.492 e. The molecular formula is C18H22N4O4. The Morgan fingerprint density at radius 1 is 1.27 bits per heavy atom. The number of carbonyl (C=O) groups excluding carboxylic acids is 2. The van der Waals surface area contributed by atoms with Crippen molar-refractivity contribution in [3.05, 3.63) is 41.2 Å². The van der Waals surface area contributed by atoms with E-state index >= 15 is 0 Å². The zero-order valence-corrected chi connectivity index (χ0v) is 14.9. The molecule has 0 saturated heterocycles. The topological polar surface area (TPSA) is 96.5 Å². The lowest BCUT2D eigenvalue weighted by Crippen LogP contribution is -2.39. The summed E-state index contributed by atoms with van der Waals surface area (Å²) in [4.78, 5) is 26.3. The van der Waals surface area contributed by atoms with Crippen LogP contribution in [0.25, 0.3) is 0 Å². The highest BCUT2D eigenvalue weighted by atomic mass is 16.5. The third-order valence-corrected chi connectivity index (χ3v) is 4.12. The van der Waals surface area contributed by atoms with Gasteiger partial charge in [0, 0.05) is 24.2 Å². The number of rotatable bonds is 5. The first-order valence-corrected chi connectivity index (χ1v) is 8.65. The van der Waals surface area contributed by atoms with Crippen LogP contribution in [0, 0.1) is 0 Å². The van der Waals surface area contributed by atoms with Crippen LogP contribution in [0.3, 0.4) is 0 Å². The number of hydrogen-bond acceptors (Lipinski definition) is 5. The summed E-state index contributed by atoms with van der Waals surface area (Å²) in [6.45, 7) is 5.24. The summed E-state index contributed by atoms with van der Waals surface area (Å²) in [5.74, 6) is 0.144. The number of amides is 2. The van der Waals surface area contributed by atoms with E-state index in [9.17, 15) is 9.59 Å². The molecular weight excluding hydrogens is 336 g/mol. The molecule has 0 spiro atoms. The number of hydrogen-bond donors (Lipinski definition) is 2. The number of fused-ring (bicyclic) bond motifs is 1. The second kappa shape index (κ2) is 7.90. The standard InChI is InChI=1S/C18H22N4O4/c1-3-25-15-8-6-5-7-14(15)19-18(24)22-10-9-13-12(11-22)16(21-20-13)17(23)26-4-2/h5-8H,3-4,9-11H2,1-2H3,(H,19,24)(H,20,21). The molecule has 138 valence electrons. The number of esters is 1. The van der Waals surface area contributed by atoms with Crippen molar-refractivity contribution in [1.82, 2.24) is 15.1 Å². The number of nitrogens with zero attached hydrogens (tertiary/aromatic N) is 2. The summed E-state index contributed by atoms with van der Waals surface area (Å²) >= 11 is 0. The average Bonchev–Trinajstić information content (AvgIpc) is 3.07. The molecule has 0 radical (unpaired) electrons. The van der Waals surface area contributed by atoms with E-state index in [1.807, 2.05) is 25.1 Å². The fourth-order valence-corrected chi connectivity index (χ4v) is 2.88. The van der Waals surface area contributed by atoms with Gasteiger partial charge in [-0.2, -0.15) is 5.10 Å². The van der Waals surface area contributed by atoms with Crippen molar-refractivity contribution in [2.45, 2.75) is 26.8 Å². The molecule has 0 aliphatic carbocycles. The number of para-hydroxylation sites is 2. The summed E-state index contributed by atoms with van der Waals surface area (Å²) < 4.78 is 10.6. The molecule has 1 aliphatic rings. The van der Waals surface area contributed by atoms with Crippen molar-refractivity contribution in [2.75, 3.05) is 25.1 Å². The van der Waals surface area contributed by atoms with Crippen LogP contribution in [0.15, 0.2) is 24.3 Å². The number of ether oxygens (including phenoxy) is 2. The molecule has 3 rings (SSSR count). The van der Waals surface area contributed by atoms with Gasteiger partial charge < -0.3 is 19.7 Å². The Morgan fingerprint density at radius 2 is 2.08 bits per heavy atom. The fraction of sp³-hybridized carbons (Fsp3) is 0.389. The predicted molar refractivity (Wildman–Crippen MR) is 95.3 cm³/mol. The maximum Gasteiger partial charge on any atom is 0.359 e. The van der Waals surface area contributed by atoms with Crippen molar-refractivity contribution < 1.29 is 19.1 Å². The van der Waals surface area contributed by atoms with Crippen LogP contribution in [0.2, 0.25) is 0 Å². The zero-order chi connectivity index (χ0) is 18.5. The molecule has 1 aromatic carbocycles. The van der Waals surface area contributed by atoms with Crippen molar-refractivity contribution in [3.63, 3.8) is 0 Å². The van der Waals surface area contributed by atoms with Gasteiger partial charge in [0.25, 0.3) is 0 Å². The van der Waals surface area contributed by atoms with Crippen LogP contribution in [0.5, 0.6) is 5.75 Å². The maximum atomic E-state index is 12.7. The highest BCUT2D eigenvalue weighted by molar-refractivity contribution is 5.92. The van der Waals surface area contributed by atoms with Gasteiger partial charge in [-0.25, -0.2) is 9.59 Å². The summed E-state index contributed by atoms with van der Waals surface area (Å²) in [5, 5.41) is 9.80. The smallest absolute Gasteiger partial charge is 0.359 e. The minimum absolute atomic E-state index is 0.245. The lowest BCUT2D eigenvalue weighted by molar-refractivity contribution is 0.0517. The van der Waals surface area contributed by atoms with Gasteiger partial charge in [0.15, 0.2) is 5.69 Å². The van der Waals surface area contributed by atoms with Gasteiger partial charge >= 0.3 is 12.0 Å². The van der Waals surface area contributed by atoms with Crippen LogP contribution in [0.4, 0.5) is 10.5 Å². The molecule has 0 bridgehead atoms. The Morgan fingerprint density at radius 3 is 2.85 bits per heavy atom. The SMILES string of the molecule is CCOC(=O)c1n[nH]c2c1CN(C(=O)Nc1ccccc1OCC)CC2. The Labute approximate surface area is 151 Å². The molecule has 2 amide bonds. The van der Waals surface area contributed by atoms with E-state index < -0.39 is 5.97 Å². The second-order valence-electron chi connectivity index (χ2n) is 5.78. The number of carbonyl (C=O) groups is 2. The number of H-pyrrole nitrogens is 1. The van der Waals surface area contributed by atoms with E-state index in [0.717, 1.165) is 5.69 Å². The van der Waals surface area contributed by atoms with E-state index in [0.29, 0.717) is 43.1 Å². The number of benzene rings is 1. The molecule has 1 aliphatic heterocycles. The molecule has 0 atom stereocenters. The van der Waals surface area contributed by atoms with Crippen molar-refractivity contribution in [1.29, 1.82) is 0 Å². The number of aromatic amines is 1. The summed E-state index contributed by atoms with van der Waals surface area (Å²) in [6, 6.07) is 7.04. The minimum Gasteiger partial charge on any atom is -0.492 e. The van der Waals surface area contributed by atoms with Crippen LogP contribution >= 0.6 is 0 Å². The number of anilines is 1. The first-order chi connectivity index (χ1) is 12.6. The molecule has 0 fully saturated rings. The Hall–Kier alpha value is -3.03. The quantitative estimate of drug-likeness (QED) is 0.801. The van der Waals surface area contributed by atoms with E-state index in [2.05, 4.69) is 15.5 Å². The first-order valence-electron chi connectivity index (χ1n) is 8.65. The molecule has 2 aromatic rings. The maximum absolute atomic E-state index is 12.7. The molecule has 26 heavy (non-hydrogen) atoms. The highest BCUT2D eigenvalue weighted by Crippen LogP contribution is 2.26. The number of nitrogens with one attached hydrogen (secondary N) is 2. The van der Waals surface area contributed by atoms with Gasteiger partial charge in [-0.3, -0.25) is 5.10 Å². The van der Waals surface area contributed by atoms with Gasteiger partial charge in [0.2, 0.25) is 0 Å². The van der Waals surface area contributed by atoms with Crippen LogP contribution in [0.1, 0.15) is 35.6 Å². The van der Waals surface area contributed by atoms with Crippen LogP contribution in [-0.2, 0) is 17.7 Å². The van der Waals surface area contributed by atoms with Crippen LogP contribution in [-0.4, -0.2) is 46.9 Å². The molecule has 8 nitrogen and oxygen atoms in total. The monoisotopic (exact) mass is 358 g/mol. The molecule has 8 heteroatoms. The first kappa shape index (κ1) is 17.8. The van der Waals surface area contributed by atoms with Gasteiger partial charge in [-0.15, -0.1) is 0 Å². The van der Waals surface area contributed by atoms with Crippen molar-refractivity contribution in [2.24, 2.45) is 0 Å². The number of aromatic nitrogens is 2. The highest BCUT2D eigenvalue weighted by Gasteiger charge is 2.28. The lowest BCUT2D eigenvalue weighted by Gasteiger charge is -2.27. The zero-order valence-electron chi connectivity index (χ0n) is 14.9. The van der Waals surface area contributed by atoms with E-state index in [4.69, 9.17) is 9.47 Å². The Balaban J connectivity index is 1.73.